The third kappa shape index (κ3) is 2.94. The summed E-state index contributed by atoms with van der Waals surface area (Å²) in [6, 6.07) is -2.32. The third-order valence-electron chi connectivity index (χ3n) is 2.63. The summed E-state index contributed by atoms with van der Waals surface area (Å²) in [6.07, 6.45) is 0.981. The molecule has 0 saturated carbocycles. The number of esters is 1. The van der Waals surface area contributed by atoms with Crippen LogP contribution in [0.5, 0.6) is 0 Å². The quantitative estimate of drug-likeness (QED) is 0.482. The molecule has 3 N–H and O–H groups in total. The first-order valence-electron chi connectivity index (χ1n) is 5.44. The van der Waals surface area contributed by atoms with Crippen LogP contribution in [-0.4, -0.2) is 53.1 Å². The van der Waals surface area contributed by atoms with E-state index >= 15 is 0 Å². The molecule has 1 saturated heterocycles. The lowest BCUT2D eigenvalue weighted by molar-refractivity contribution is -0.155. The topological polar surface area (TPSA) is 110 Å². The molecule has 7 heteroatoms. The summed E-state index contributed by atoms with van der Waals surface area (Å²) < 4.78 is 4.62. The second kappa shape index (κ2) is 5.62. The molecule has 1 rings (SSSR count). The van der Waals surface area contributed by atoms with Crippen LogP contribution in [0.2, 0.25) is 0 Å². The van der Waals surface area contributed by atoms with E-state index in [4.69, 9.17) is 10.8 Å². The molecule has 0 aromatic carbocycles. The van der Waals surface area contributed by atoms with Gasteiger partial charge in [-0.15, -0.1) is 0 Å². The van der Waals surface area contributed by atoms with Crippen molar-refractivity contribution >= 4 is 17.8 Å². The Morgan fingerprint density at radius 3 is 2.71 bits per heavy atom. The van der Waals surface area contributed by atoms with Crippen molar-refractivity contribution in [3.63, 3.8) is 0 Å². The van der Waals surface area contributed by atoms with Gasteiger partial charge >= 0.3 is 11.9 Å². The monoisotopic (exact) mass is 244 g/mol. The average Bonchev–Trinajstić information content (AvgIpc) is 2.76. The van der Waals surface area contributed by atoms with Gasteiger partial charge in [-0.2, -0.15) is 0 Å². The molecule has 96 valence electrons. The Bertz CT molecular complexity index is 331. The second-order valence-electron chi connectivity index (χ2n) is 3.76. The normalized spacial score (nSPS) is 21.1. The van der Waals surface area contributed by atoms with E-state index in [1.165, 1.54) is 0 Å². The fraction of sp³-hybridized carbons (Fsp3) is 0.700. The van der Waals surface area contributed by atoms with Gasteiger partial charge in [0.2, 0.25) is 0 Å². The SMILES string of the molecule is CCOC(=O)C(N)C(=O)N1CCC[C@H]1C(=O)O. The van der Waals surface area contributed by atoms with Gasteiger partial charge in [-0.1, -0.05) is 0 Å². The molecule has 1 aliphatic rings. The number of carboxylic acid groups (broad SMARTS) is 1. The van der Waals surface area contributed by atoms with Crippen molar-refractivity contribution in [1.29, 1.82) is 0 Å². The zero-order valence-corrected chi connectivity index (χ0v) is 9.59. The summed E-state index contributed by atoms with van der Waals surface area (Å²) >= 11 is 0. The number of carboxylic acids is 1. The summed E-state index contributed by atoms with van der Waals surface area (Å²) in [5, 5.41) is 8.91. The molecule has 0 spiro atoms. The first-order chi connectivity index (χ1) is 7.99. The lowest BCUT2D eigenvalue weighted by atomic mass is 10.2. The van der Waals surface area contributed by atoms with Crippen LogP contribution in [0.25, 0.3) is 0 Å². The Kier molecular flexibility index (Phi) is 4.45. The number of likely N-dealkylation sites (tertiary alicyclic amines) is 1. The zero-order valence-electron chi connectivity index (χ0n) is 9.59. The highest BCUT2D eigenvalue weighted by atomic mass is 16.5. The van der Waals surface area contributed by atoms with E-state index in [1.807, 2.05) is 0 Å². The van der Waals surface area contributed by atoms with Crippen LogP contribution in [0.4, 0.5) is 0 Å². The fourth-order valence-electron chi connectivity index (χ4n) is 1.80. The number of hydrogen-bond acceptors (Lipinski definition) is 5. The smallest absolute Gasteiger partial charge is 0.332 e. The van der Waals surface area contributed by atoms with Gasteiger partial charge in [-0.05, 0) is 19.8 Å². The van der Waals surface area contributed by atoms with Gasteiger partial charge in [-0.3, -0.25) is 4.79 Å². The molecule has 1 unspecified atom stereocenters. The Morgan fingerprint density at radius 1 is 1.53 bits per heavy atom. The van der Waals surface area contributed by atoms with Gasteiger partial charge in [-0.25, -0.2) is 9.59 Å². The van der Waals surface area contributed by atoms with Crippen molar-refractivity contribution < 1.29 is 24.2 Å². The number of nitrogens with zero attached hydrogens (tertiary/aromatic N) is 1. The summed E-state index contributed by atoms with van der Waals surface area (Å²) in [5.74, 6) is -2.59. The molecular weight excluding hydrogens is 228 g/mol. The molecule has 2 atom stereocenters. The van der Waals surface area contributed by atoms with E-state index < -0.39 is 29.9 Å². The molecule has 1 fully saturated rings. The molecule has 17 heavy (non-hydrogen) atoms. The van der Waals surface area contributed by atoms with Crippen LogP contribution in [0, 0.1) is 0 Å². The number of amides is 1. The van der Waals surface area contributed by atoms with E-state index in [-0.39, 0.29) is 6.61 Å². The minimum Gasteiger partial charge on any atom is -0.480 e. The summed E-state index contributed by atoms with van der Waals surface area (Å²) in [6.45, 7) is 2.04. The number of carbonyl (C=O) groups is 3. The van der Waals surface area contributed by atoms with Crippen molar-refractivity contribution in [2.24, 2.45) is 5.73 Å². The van der Waals surface area contributed by atoms with Crippen LogP contribution in [0.3, 0.4) is 0 Å². The highest BCUT2D eigenvalue weighted by molar-refractivity contribution is 6.03. The first-order valence-corrected chi connectivity index (χ1v) is 5.44. The van der Waals surface area contributed by atoms with Gasteiger partial charge in [0.05, 0.1) is 6.61 Å². The predicted molar refractivity (Wildman–Crippen MR) is 57.0 cm³/mol. The maximum absolute atomic E-state index is 11.8. The van der Waals surface area contributed by atoms with Crippen molar-refractivity contribution in [2.75, 3.05) is 13.2 Å². The summed E-state index contributed by atoms with van der Waals surface area (Å²) in [4.78, 5) is 35.1. The van der Waals surface area contributed by atoms with Crippen molar-refractivity contribution in [3.8, 4) is 0 Å². The Labute approximate surface area is 98.5 Å². The van der Waals surface area contributed by atoms with Crippen LogP contribution < -0.4 is 5.73 Å². The largest absolute Gasteiger partial charge is 0.480 e. The molecule has 0 aromatic rings. The first kappa shape index (κ1) is 13.4. The van der Waals surface area contributed by atoms with E-state index in [9.17, 15) is 14.4 Å². The molecule has 0 bridgehead atoms. The molecule has 1 amide bonds. The Morgan fingerprint density at radius 2 is 2.18 bits per heavy atom. The van der Waals surface area contributed by atoms with Gasteiger partial charge in [0.1, 0.15) is 6.04 Å². The van der Waals surface area contributed by atoms with Gasteiger partial charge < -0.3 is 20.5 Å². The molecule has 1 heterocycles. The number of carbonyl (C=O) groups excluding carboxylic acids is 2. The van der Waals surface area contributed by atoms with E-state index in [0.29, 0.717) is 19.4 Å². The number of aliphatic carboxylic acids is 1. The number of nitrogens with two attached hydrogens (primary N) is 1. The van der Waals surface area contributed by atoms with Crippen LogP contribution in [-0.2, 0) is 19.1 Å². The second-order valence-corrected chi connectivity index (χ2v) is 3.76. The highest BCUT2D eigenvalue weighted by Gasteiger charge is 2.38. The summed E-state index contributed by atoms with van der Waals surface area (Å²) in [7, 11) is 0. The molecule has 1 aliphatic heterocycles. The standard InChI is InChI=1S/C10H16N2O5/c1-2-17-10(16)7(11)8(13)12-5-3-4-6(12)9(14)15/h6-7H,2-5,11H2,1H3,(H,14,15)/t6-,7?/m0/s1. The molecule has 0 aliphatic carbocycles. The average molecular weight is 244 g/mol. The molecular formula is C10H16N2O5. The van der Waals surface area contributed by atoms with Gasteiger partial charge in [0, 0.05) is 6.54 Å². The maximum Gasteiger partial charge on any atom is 0.332 e. The molecule has 7 nitrogen and oxygen atoms in total. The summed E-state index contributed by atoms with van der Waals surface area (Å²) in [5.41, 5.74) is 5.43. The lowest BCUT2D eigenvalue weighted by Gasteiger charge is -2.23. The predicted octanol–water partition coefficient (Wildman–Crippen LogP) is -1.05. The molecule has 0 aromatic heterocycles. The third-order valence-corrected chi connectivity index (χ3v) is 2.63. The minimum atomic E-state index is -1.44. The fourth-order valence-corrected chi connectivity index (χ4v) is 1.80. The molecule has 0 radical (unpaired) electrons. The number of rotatable bonds is 4. The highest BCUT2D eigenvalue weighted by Crippen LogP contribution is 2.18. The number of hydrogen-bond donors (Lipinski definition) is 2. The van der Waals surface area contributed by atoms with Crippen molar-refractivity contribution in [1.82, 2.24) is 4.90 Å². The Hall–Kier alpha value is -1.63. The van der Waals surface area contributed by atoms with Crippen LogP contribution in [0.15, 0.2) is 0 Å². The van der Waals surface area contributed by atoms with Crippen molar-refractivity contribution in [3.05, 3.63) is 0 Å². The maximum atomic E-state index is 11.8. The van der Waals surface area contributed by atoms with E-state index in [1.54, 1.807) is 6.92 Å². The minimum absolute atomic E-state index is 0.127. The van der Waals surface area contributed by atoms with Crippen LogP contribution in [0.1, 0.15) is 19.8 Å². The van der Waals surface area contributed by atoms with Crippen LogP contribution >= 0.6 is 0 Å². The van der Waals surface area contributed by atoms with Crippen molar-refractivity contribution in [2.45, 2.75) is 31.8 Å². The van der Waals surface area contributed by atoms with Gasteiger partial charge in [0.15, 0.2) is 6.04 Å². The van der Waals surface area contributed by atoms with E-state index in [2.05, 4.69) is 4.74 Å². The zero-order chi connectivity index (χ0) is 13.0. The van der Waals surface area contributed by atoms with Gasteiger partial charge in [0.25, 0.3) is 5.91 Å². The Balaban J connectivity index is 2.68. The number of ether oxygens (including phenoxy) is 1. The van der Waals surface area contributed by atoms with E-state index in [0.717, 1.165) is 4.90 Å². The lowest BCUT2D eigenvalue weighted by Crippen LogP contribution is -2.52.